The zero-order valence-corrected chi connectivity index (χ0v) is 13.7. The third-order valence-corrected chi connectivity index (χ3v) is 2.70. The van der Waals surface area contributed by atoms with Gasteiger partial charge >= 0.3 is 0 Å². The number of rotatable bonds is 5. The highest BCUT2D eigenvalue weighted by molar-refractivity contribution is 5.16. The average molecular weight is 286 g/mol. The number of allylic oxidation sites excluding steroid dienone is 4. The number of hydrogen-bond acceptors (Lipinski definition) is 4. The molecule has 0 amide bonds. The highest BCUT2D eigenvalue weighted by Gasteiger charge is 2.24. The average Bonchev–Trinajstić information content (AvgIpc) is 2.45. The molecular weight excluding hydrogens is 256 g/mol. The lowest BCUT2D eigenvalue weighted by Crippen LogP contribution is -2.49. The fourth-order valence-corrected chi connectivity index (χ4v) is 1.64. The molecule has 1 aliphatic rings. The molecule has 0 aromatic heterocycles. The number of hydrogen-bond donors (Lipinski definition) is 1. The van der Waals surface area contributed by atoms with Gasteiger partial charge in [0.2, 0.25) is 5.70 Å². The molecule has 0 spiro atoms. The number of aliphatic hydroxyl groups excluding tert-OH is 1. The van der Waals surface area contributed by atoms with Crippen molar-refractivity contribution in [2.24, 2.45) is 0 Å². The Hall–Kier alpha value is -1.36. The minimum absolute atomic E-state index is 0.215. The van der Waals surface area contributed by atoms with E-state index in [-0.39, 0.29) is 16.7 Å². The highest BCUT2D eigenvalue weighted by Crippen LogP contribution is 2.18. The van der Waals surface area contributed by atoms with E-state index >= 15 is 0 Å². The van der Waals surface area contributed by atoms with E-state index in [1.54, 1.807) is 19.1 Å². The van der Waals surface area contributed by atoms with Crippen LogP contribution in [0.15, 0.2) is 23.5 Å². The van der Waals surface area contributed by atoms with Gasteiger partial charge < -0.3 is 10.0 Å². The van der Waals surface area contributed by atoms with Crippen LogP contribution in [0.4, 0.5) is 0 Å². The Labute approximate surface area is 123 Å². The zero-order chi connectivity index (χ0) is 16.1. The normalized spacial score (nSPS) is 15.4. The molecule has 1 heterocycles. The third-order valence-electron chi connectivity index (χ3n) is 2.70. The van der Waals surface area contributed by atoms with Gasteiger partial charge in [-0.05, 0) is 12.5 Å². The first kappa shape index (κ1) is 20.9. The Bertz CT molecular complexity index is 319. The highest BCUT2D eigenvalue weighted by atomic mass is 16.6. The van der Waals surface area contributed by atoms with Crippen LogP contribution in [0.2, 0.25) is 0 Å². The largest absolute Gasteiger partial charge is 0.389 e. The first-order chi connectivity index (χ1) is 9.58. The van der Waals surface area contributed by atoms with E-state index in [1.807, 2.05) is 39.5 Å². The smallest absolute Gasteiger partial charge is 0.246 e. The molecule has 1 rings (SSSR count). The second-order valence-corrected chi connectivity index (χ2v) is 3.84. The summed E-state index contributed by atoms with van der Waals surface area (Å²) in [7, 11) is 0. The molecule has 0 saturated carbocycles. The first-order valence-electron chi connectivity index (χ1n) is 7.55. The van der Waals surface area contributed by atoms with E-state index in [4.69, 9.17) is 0 Å². The summed E-state index contributed by atoms with van der Waals surface area (Å²) >= 11 is 0. The Balaban J connectivity index is 0. The molecule has 5 heteroatoms. The topological polar surface area (TPSA) is 66.6 Å². The van der Waals surface area contributed by atoms with Crippen molar-refractivity contribution in [1.29, 1.82) is 0 Å². The zero-order valence-electron chi connectivity index (χ0n) is 13.7. The van der Waals surface area contributed by atoms with E-state index in [0.717, 1.165) is 12.1 Å². The van der Waals surface area contributed by atoms with Crippen LogP contribution in [0.1, 0.15) is 54.4 Å². The number of nitrogens with zero attached hydrogens (tertiary/aromatic N) is 2. The van der Waals surface area contributed by atoms with Crippen LogP contribution in [-0.2, 0) is 0 Å². The van der Waals surface area contributed by atoms with Gasteiger partial charge in [-0.2, -0.15) is 0 Å². The van der Waals surface area contributed by atoms with Crippen molar-refractivity contribution < 1.29 is 10.0 Å². The van der Waals surface area contributed by atoms with Gasteiger partial charge in [-0.1, -0.05) is 41.5 Å². The molecule has 0 unspecified atom stereocenters. The van der Waals surface area contributed by atoms with Crippen molar-refractivity contribution in [3.63, 3.8) is 0 Å². The predicted molar refractivity (Wildman–Crippen MR) is 84.0 cm³/mol. The van der Waals surface area contributed by atoms with Crippen LogP contribution in [0.5, 0.6) is 0 Å². The lowest BCUT2D eigenvalue weighted by Gasteiger charge is -2.39. The molecule has 5 nitrogen and oxygen atoms in total. The van der Waals surface area contributed by atoms with Crippen LogP contribution < -0.4 is 0 Å². The van der Waals surface area contributed by atoms with Gasteiger partial charge in [-0.25, -0.2) is 0 Å². The number of aliphatic hydroxyl groups is 1. The molecule has 0 aromatic rings. The quantitative estimate of drug-likeness (QED) is 0.476. The van der Waals surface area contributed by atoms with E-state index in [9.17, 15) is 15.2 Å². The van der Waals surface area contributed by atoms with Gasteiger partial charge in [0.1, 0.15) is 0 Å². The second-order valence-electron chi connectivity index (χ2n) is 3.84. The van der Waals surface area contributed by atoms with E-state index in [2.05, 4.69) is 0 Å². The Morgan fingerprint density at radius 2 is 1.70 bits per heavy atom. The Morgan fingerprint density at radius 1 is 1.20 bits per heavy atom. The van der Waals surface area contributed by atoms with Crippen LogP contribution in [0, 0.1) is 10.1 Å². The number of nitro groups is 1. The van der Waals surface area contributed by atoms with E-state index < -0.39 is 0 Å². The summed E-state index contributed by atoms with van der Waals surface area (Å²) in [4.78, 5) is 12.3. The maximum Gasteiger partial charge on any atom is 0.246 e. The SMILES string of the molecule is CC.CC.CC/C(=C\C=C(/CC)[N+](=O)[O-])N1CC(O)C1. The van der Waals surface area contributed by atoms with E-state index in [0.29, 0.717) is 19.5 Å². The van der Waals surface area contributed by atoms with Crippen molar-refractivity contribution in [2.75, 3.05) is 13.1 Å². The Kier molecular flexibility index (Phi) is 13.3. The van der Waals surface area contributed by atoms with Crippen molar-refractivity contribution in [1.82, 2.24) is 4.90 Å². The van der Waals surface area contributed by atoms with Gasteiger partial charge in [0, 0.05) is 31.3 Å². The van der Waals surface area contributed by atoms with Crippen molar-refractivity contribution in [3.05, 3.63) is 33.7 Å². The summed E-state index contributed by atoms with van der Waals surface area (Å²) in [5.74, 6) is 0. The summed E-state index contributed by atoms with van der Waals surface area (Å²) < 4.78 is 0. The fourth-order valence-electron chi connectivity index (χ4n) is 1.64. The molecule has 0 aromatic carbocycles. The molecule has 1 N–H and O–H groups in total. The maximum absolute atomic E-state index is 10.6. The summed E-state index contributed by atoms with van der Waals surface area (Å²) in [6.07, 6.45) is 4.33. The molecule has 0 bridgehead atoms. The van der Waals surface area contributed by atoms with E-state index in [1.165, 1.54) is 0 Å². The summed E-state index contributed by atoms with van der Waals surface area (Å²) in [5, 5.41) is 19.8. The third kappa shape index (κ3) is 7.28. The van der Waals surface area contributed by atoms with Gasteiger partial charge in [0.15, 0.2) is 0 Å². The predicted octanol–water partition coefficient (Wildman–Crippen LogP) is 3.58. The van der Waals surface area contributed by atoms with Crippen LogP contribution in [-0.4, -0.2) is 34.1 Å². The molecule has 1 saturated heterocycles. The summed E-state index contributed by atoms with van der Waals surface area (Å²) in [6, 6.07) is 0. The first-order valence-corrected chi connectivity index (χ1v) is 7.55. The Morgan fingerprint density at radius 3 is 2.00 bits per heavy atom. The van der Waals surface area contributed by atoms with Crippen LogP contribution in [0.25, 0.3) is 0 Å². The standard InChI is InChI=1S/C11H18N2O3.2C2H6/c1-3-9(12-7-11(14)8-12)5-6-10(4-2)13(15)16;2*1-2/h5-6,11,14H,3-4,7-8H2,1-2H3;2*1-2H3/b9-5+,10-6+;;. The second kappa shape index (κ2) is 12.7. The molecule has 118 valence electrons. The summed E-state index contributed by atoms with van der Waals surface area (Å²) in [6.45, 7) is 13.0. The molecule has 1 fully saturated rings. The molecule has 1 aliphatic heterocycles. The molecule has 0 aliphatic carbocycles. The lowest BCUT2D eigenvalue weighted by atomic mass is 10.1. The fraction of sp³-hybridized carbons (Fsp3) is 0.733. The molecule has 0 radical (unpaired) electrons. The van der Waals surface area contributed by atoms with Gasteiger partial charge in [0.25, 0.3) is 0 Å². The van der Waals surface area contributed by atoms with Gasteiger partial charge in [-0.15, -0.1) is 0 Å². The molecule has 0 atom stereocenters. The summed E-state index contributed by atoms with van der Waals surface area (Å²) in [5.41, 5.74) is 1.25. The number of likely N-dealkylation sites (tertiary alicyclic amines) is 1. The number of β-amino-alcohol motifs (C(OH)–C–C–N with tert-alkyl or cyclic N) is 1. The molecule has 20 heavy (non-hydrogen) atoms. The van der Waals surface area contributed by atoms with Gasteiger partial charge in [-0.3, -0.25) is 10.1 Å². The van der Waals surface area contributed by atoms with Crippen LogP contribution in [0.3, 0.4) is 0 Å². The molecular formula is C15H30N2O3. The van der Waals surface area contributed by atoms with Crippen molar-refractivity contribution in [2.45, 2.75) is 60.5 Å². The van der Waals surface area contributed by atoms with Crippen molar-refractivity contribution in [3.8, 4) is 0 Å². The maximum atomic E-state index is 10.6. The minimum Gasteiger partial charge on any atom is -0.389 e. The van der Waals surface area contributed by atoms with Crippen molar-refractivity contribution >= 4 is 0 Å². The minimum atomic E-state index is -0.352. The van der Waals surface area contributed by atoms with Gasteiger partial charge in [0.05, 0.1) is 11.0 Å². The van der Waals surface area contributed by atoms with Crippen LogP contribution >= 0.6 is 0 Å². The lowest BCUT2D eigenvalue weighted by molar-refractivity contribution is -0.427. The monoisotopic (exact) mass is 286 g/mol.